The molecule has 0 N–H and O–H groups in total. The van der Waals surface area contributed by atoms with Gasteiger partial charge in [0.15, 0.2) is 0 Å². The Hall–Kier alpha value is -0.590. The van der Waals surface area contributed by atoms with E-state index >= 15 is 0 Å². The molecule has 0 spiro atoms. The predicted molar refractivity (Wildman–Crippen MR) is 44.1 cm³/mol. The van der Waals surface area contributed by atoms with E-state index in [0.717, 1.165) is 12.3 Å². The number of carbonyl (C=O) groups excluding carboxylic acids is 1. The molecule has 2 rings (SSSR count). The van der Waals surface area contributed by atoms with Crippen LogP contribution in [0.3, 0.4) is 0 Å². The molecule has 0 radical (unpaired) electrons. The molecule has 0 saturated heterocycles. The summed E-state index contributed by atoms with van der Waals surface area (Å²) in [6, 6.07) is 0. The molecule has 2 aliphatic carbocycles. The Morgan fingerprint density at radius 3 is 2.73 bits per heavy atom. The molecule has 1 saturated carbocycles. The topological polar surface area (TPSA) is 17.1 Å². The maximum Gasteiger partial charge on any atom is 0.123 e. The van der Waals surface area contributed by atoms with Gasteiger partial charge < -0.3 is 4.79 Å². The second-order valence-corrected chi connectivity index (χ2v) is 3.73. The first-order valence-electron chi connectivity index (χ1n) is 4.50. The van der Waals surface area contributed by atoms with E-state index in [-0.39, 0.29) is 0 Å². The van der Waals surface area contributed by atoms with Gasteiger partial charge in [0.2, 0.25) is 0 Å². The maximum absolute atomic E-state index is 10.7. The largest absolute Gasteiger partial charge is 0.303 e. The number of hydrogen-bond acceptors (Lipinski definition) is 1. The molecule has 1 nitrogen and oxygen atoms in total. The van der Waals surface area contributed by atoms with E-state index in [1.54, 1.807) is 0 Å². The van der Waals surface area contributed by atoms with E-state index in [9.17, 15) is 4.79 Å². The Kier molecular flexibility index (Phi) is 1.59. The van der Waals surface area contributed by atoms with E-state index in [2.05, 4.69) is 19.1 Å². The third-order valence-electron chi connectivity index (χ3n) is 3.32. The van der Waals surface area contributed by atoms with Crippen LogP contribution in [0.1, 0.15) is 19.8 Å². The Morgan fingerprint density at radius 1 is 1.45 bits per heavy atom. The third-order valence-corrected chi connectivity index (χ3v) is 3.32. The van der Waals surface area contributed by atoms with Gasteiger partial charge in [0.05, 0.1) is 0 Å². The molecule has 60 valence electrons. The molecule has 0 amide bonds. The Labute approximate surface area is 67.5 Å². The molecule has 11 heavy (non-hydrogen) atoms. The molecule has 0 unspecified atom stereocenters. The molecular formula is C10H14O. The van der Waals surface area contributed by atoms with E-state index in [1.165, 1.54) is 12.7 Å². The van der Waals surface area contributed by atoms with Gasteiger partial charge in [-0.3, -0.25) is 0 Å². The zero-order valence-corrected chi connectivity index (χ0v) is 6.86. The fourth-order valence-electron chi connectivity index (χ4n) is 2.74. The van der Waals surface area contributed by atoms with Crippen molar-refractivity contribution in [2.75, 3.05) is 0 Å². The van der Waals surface area contributed by atoms with Crippen molar-refractivity contribution in [1.29, 1.82) is 0 Å². The Morgan fingerprint density at radius 2 is 2.18 bits per heavy atom. The van der Waals surface area contributed by atoms with Crippen molar-refractivity contribution >= 4 is 6.29 Å². The van der Waals surface area contributed by atoms with Crippen LogP contribution in [0.4, 0.5) is 0 Å². The van der Waals surface area contributed by atoms with Crippen LogP contribution in [0.5, 0.6) is 0 Å². The predicted octanol–water partition coefficient (Wildman–Crippen LogP) is 2.03. The van der Waals surface area contributed by atoms with Gasteiger partial charge in [0.1, 0.15) is 6.29 Å². The summed E-state index contributed by atoms with van der Waals surface area (Å²) >= 11 is 0. The lowest BCUT2D eigenvalue weighted by atomic mass is 9.82. The van der Waals surface area contributed by atoms with Gasteiger partial charge >= 0.3 is 0 Å². The summed E-state index contributed by atoms with van der Waals surface area (Å²) in [5, 5.41) is 0. The summed E-state index contributed by atoms with van der Waals surface area (Å²) in [4.78, 5) is 10.7. The summed E-state index contributed by atoms with van der Waals surface area (Å²) in [6.45, 7) is 2.19. The first-order valence-corrected chi connectivity index (χ1v) is 4.50. The number of fused-ring (bicyclic) bond motifs is 2. The van der Waals surface area contributed by atoms with Crippen LogP contribution in [0.15, 0.2) is 12.2 Å². The molecule has 1 fully saturated rings. The zero-order valence-electron chi connectivity index (χ0n) is 6.86. The minimum atomic E-state index is 0.343. The van der Waals surface area contributed by atoms with Crippen LogP contribution in [-0.2, 0) is 4.79 Å². The summed E-state index contributed by atoms with van der Waals surface area (Å²) in [5.74, 6) is 2.31. The van der Waals surface area contributed by atoms with Gasteiger partial charge in [-0.2, -0.15) is 0 Å². The van der Waals surface area contributed by atoms with Crippen LogP contribution < -0.4 is 0 Å². The number of rotatable bonds is 2. The van der Waals surface area contributed by atoms with Gasteiger partial charge in [-0.15, -0.1) is 0 Å². The van der Waals surface area contributed by atoms with Crippen molar-refractivity contribution < 1.29 is 4.79 Å². The van der Waals surface area contributed by atoms with E-state index in [1.807, 2.05) is 0 Å². The molecule has 0 heterocycles. The van der Waals surface area contributed by atoms with Gasteiger partial charge in [0, 0.05) is 5.92 Å². The second-order valence-electron chi connectivity index (χ2n) is 3.73. The maximum atomic E-state index is 10.7. The molecular weight excluding hydrogens is 136 g/mol. The molecule has 0 aromatic heterocycles. The van der Waals surface area contributed by atoms with Gasteiger partial charge in [0.25, 0.3) is 0 Å². The highest BCUT2D eigenvalue weighted by atomic mass is 16.1. The van der Waals surface area contributed by atoms with Crippen LogP contribution in [0.25, 0.3) is 0 Å². The standard InChI is InChI=1S/C10H14O/c1-2-9-7-3-4-8(5-7)10(9)6-11/h3-4,6-10H,2,5H2,1H3/t7-,8+,9-,10-/m1/s1. The van der Waals surface area contributed by atoms with Crippen molar-refractivity contribution in [2.24, 2.45) is 23.7 Å². The zero-order chi connectivity index (χ0) is 7.84. The van der Waals surface area contributed by atoms with Crippen molar-refractivity contribution in [1.82, 2.24) is 0 Å². The lowest BCUT2D eigenvalue weighted by Crippen LogP contribution is -2.19. The minimum Gasteiger partial charge on any atom is -0.303 e. The van der Waals surface area contributed by atoms with Crippen LogP contribution in [0.2, 0.25) is 0 Å². The summed E-state index contributed by atoms with van der Waals surface area (Å²) in [7, 11) is 0. The van der Waals surface area contributed by atoms with Crippen molar-refractivity contribution in [3.63, 3.8) is 0 Å². The summed E-state index contributed by atoms with van der Waals surface area (Å²) in [6.07, 6.45) is 8.11. The van der Waals surface area contributed by atoms with Crippen LogP contribution in [0, 0.1) is 23.7 Å². The Bertz CT molecular complexity index is 195. The molecule has 0 aliphatic heterocycles. The van der Waals surface area contributed by atoms with E-state index in [4.69, 9.17) is 0 Å². The highest BCUT2D eigenvalue weighted by Gasteiger charge is 2.42. The third kappa shape index (κ3) is 0.867. The van der Waals surface area contributed by atoms with Gasteiger partial charge in [-0.25, -0.2) is 0 Å². The van der Waals surface area contributed by atoms with Crippen molar-refractivity contribution in [3.8, 4) is 0 Å². The van der Waals surface area contributed by atoms with E-state index in [0.29, 0.717) is 17.8 Å². The minimum absolute atomic E-state index is 0.343. The van der Waals surface area contributed by atoms with Crippen molar-refractivity contribution in [2.45, 2.75) is 19.8 Å². The average Bonchev–Trinajstić information content (AvgIpc) is 2.60. The quantitative estimate of drug-likeness (QED) is 0.435. The molecule has 2 aliphatic rings. The number of aldehydes is 1. The van der Waals surface area contributed by atoms with Crippen LogP contribution >= 0.6 is 0 Å². The summed E-state index contributed by atoms with van der Waals surface area (Å²) in [5.41, 5.74) is 0. The monoisotopic (exact) mass is 150 g/mol. The number of allylic oxidation sites excluding steroid dienone is 2. The highest BCUT2D eigenvalue weighted by Crippen LogP contribution is 2.48. The first-order chi connectivity index (χ1) is 5.36. The van der Waals surface area contributed by atoms with Gasteiger partial charge in [-0.05, 0) is 24.2 Å². The first kappa shape index (κ1) is 7.08. The fraction of sp³-hybridized carbons (Fsp3) is 0.700. The lowest BCUT2D eigenvalue weighted by molar-refractivity contribution is -0.113. The van der Waals surface area contributed by atoms with Gasteiger partial charge in [-0.1, -0.05) is 25.5 Å². The molecule has 4 atom stereocenters. The van der Waals surface area contributed by atoms with E-state index < -0.39 is 0 Å². The number of carbonyl (C=O) groups is 1. The van der Waals surface area contributed by atoms with Crippen molar-refractivity contribution in [3.05, 3.63) is 12.2 Å². The lowest BCUT2D eigenvalue weighted by Gasteiger charge is -2.21. The normalized spacial score (nSPS) is 46.6. The summed E-state index contributed by atoms with van der Waals surface area (Å²) < 4.78 is 0. The highest BCUT2D eigenvalue weighted by molar-refractivity contribution is 5.57. The number of hydrogen-bond donors (Lipinski definition) is 0. The second kappa shape index (κ2) is 2.47. The molecule has 0 aromatic rings. The Balaban J connectivity index is 2.21. The SMILES string of the molecule is CC[C@H]1[C@H](C=O)[C@H]2C=C[C@@H]1C2. The smallest absolute Gasteiger partial charge is 0.123 e. The molecule has 1 heteroatoms. The molecule has 0 aromatic carbocycles. The fourth-order valence-corrected chi connectivity index (χ4v) is 2.74. The average molecular weight is 150 g/mol. The van der Waals surface area contributed by atoms with Crippen LogP contribution in [-0.4, -0.2) is 6.29 Å². The molecule has 2 bridgehead atoms.